The van der Waals surface area contributed by atoms with Crippen LogP contribution in [0.25, 0.3) is 11.3 Å². The maximum Gasteiger partial charge on any atom is 0.264 e. The minimum atomic E-state index is -0.302. The van der Waals surface area contributed by atoms with E-state index in [2.05, 4.69) is 46.5 Å². The Bertz CT molecular complexity index is 938. The van der Waals surface area contributed by atoms with Crippen molar-refractivity contribution in [3.8, 4) is 17.1 Å². The molecule has 3 rings (SSSR count). The number of rotatable bonds is 7. The molecular weight excluding hydrogens is 352 g/mol. The molecule has 0 bridgehead atoms. The van der Waals surface area contributed by atoms with Gasteiger partial charge in [-0.3, -0.25) is 10.1 Å². The van der Waals surface area contributed by atoms with Crippen LogP contribution < -0.4 is 10.1 Å². The van der Waals surface area contributed by atoms with E-state index in [1.54, 1.807) is 13.0 Å². The van der Waals surface area contributed by atoms with Crippen LogP contribution in [0.1, 0.15) is 17.1 Å². The van der Waals surface area contributed by atoms with E-state index in [4.69, 9.17) is 9.26 Å². The number of ether oxygens (including phenoxy) is 1. The summed E-state index contributed by atoms with van der Waals surface area (Å²) in [6.07, 6.45) is 1.87. The number of aryl methyl sites for hydroxylation is 2. The molecule has 0 aliphatic carbocycles. The van der Waals surface area contributed by atoms with E-state index in [0.29, 0.717) is 10.9 Å². The monoisotopic (exact) mass is 372 g/mol. The van der Waals surface area contributed by atoms with Crippen LogP contribution in [0.2, 0.25) is 0 Å². The number of hydrogen-bond donors (Lipinski definition) is 1. The van der Waals surface area contributed by atoms with E-state index in [9.17, 15) is 4.79 Å². The second kappa shape index (κ2) is 7.57. The fourth-order valence-corrected chi connectivity index (χ4v) is 3.36. The van der Waals surface area contributed by atoms with Crippen molar-refractivity contribution >= 4 is 22.4 Å². The SMILES string of the molecule is C=CCn1c(C)cc(-c2csc(NC(=O)COc3cc(C)on3)n2)c1C. The third kappa shape index (κ3) is 3.85. The number of nitrogens with zero attached hydrogens (tertiary/aromatic N) is 3. The van der Waals surface area contributed by atoms with E-state index in [-0.39, 0.29) is 18.4 Å². The molecule has 0 aliphatic rings. The van der Waals surface area contributed by atoms with Gasteiger partial charge in [0.25, 0.3) is 11.8 Å². The summed E-state index contributed by atoms with van der Waals surface area (Å²) in [5.41, 5.74) is 4.15. The Kier molecular flexibility index (Phi) is 5.22. The van der Waals surface area contributed by atoms with Gasteiger partial charge >= 0.3 is 0 Å². The number of carbonyl (C=O) groups excluding carboxylic acids is 1. The molecule has 8 heteroatoms. The molecule has 3 aromatic rings. The van der Waals surface area contributed by atoms with E-state index in [1.165, 1.54) is 11.3 Å². The minimum Gasteiger partial charge on any atom is -0.465 e. The highest BCUT2D eigenvalue weighted by atomic mass is 32.1. The summed E-state index contributed by atoms with van der Waals surface area (Å²) < 4.78 is 12.3. The highest BCUT2D eigenvalue weighted by molar-refractivity contribution is 7.14. The molecule has 1 amide bonds. The van der Waals surface area contributed by atoms with Crippen LogP contribution in [0.3, 0.4) is 0 Å². The average Bonchev–Trinajstić information content (AvgIpc) is 3.29. The van der Waals surface area contributed by atoms with E-state index >= 15 is 0 Å². The number of hydrogen-bond acceptors (Lipinski definition) is 6. The van der Waals surface area contributed by atoms with Crippen molar-refractivity contribution in [1.82, 2.24) is 14.7 Å². The number of amides is 1. The second-order valence-electron chi connectivity index (χ2n) is 5.83. The third-order valence-electron chi connectivity index (χ3n) is 3.87. The lowest BCUT2D eigenvalue weighted by Gasteiger charge is -2.05. The fourth-order valence-electron chi connectivity index (χ4n) is 2.63. The molecule has 0 unspecified atom stereocenters. The molecule has 0 aromatic carbocycles. The van der Waals surface area contributed by atoms with Crippen LogP contribution in [0.5, 0.6) is 5.88 Å². The summed E-state index contributed by atoms with van der Waals surface area (Å²) in [4.78, 5) is 16.5. The predicted octanol–water partition coefficient (Wildman–Crippen LogP) is 3.73. The Labute approximate surface area is 155 Å². The van der Waals surface area contributed by atoms with Crippen molar-refractivity contribution in [1.29, 1.82) is 0 Å². The Balaban J connectivity index is 1.65. The Morgan fingerprint density at radius 1 is 1.42 bits per heavy atom. The number of nitrogens with one attached hydrogen (secondary N) is 1. The molecule has 3 aromatic heterocycles. The number of thiazole rings is 1. The molecule has 0 saturated carbocycles. The molecule has 0 atom stereocenters. The first kappa shape index (κ1) is 17.9. The molecule has 0 radical (unpaired) electrons. The lowest BCUT2D eigenvalue weighted by atomic mass is 10.2. The Hall–Kier alpha value is -2.87. The number of allylic oxidation sites excluding steroid dienone is 1. The normalized spacial score (nSPS) is 10.7. The minimum absolute atomic E-state index is 0.158. The van der Waals surface area contributed by atoms with Gasteiger partial charge in [-0.15, -0.1) is 17.9 Å². The largest absolute Gasteiger partial charge is 0.465 e. The average molecular weight is 372 g/mol. The lowest BCUT2D eigenvalue weighted by molar-refractivity contribution is -0.118. The first-order chi connectivity index (χ1) is 12.5. The first-order valence-electron chi connectivity index (χ1n) is 8.07. The Morgan fingerprint density at radius 3 is 2.92 bits per heavy atom. The van der Waals surface area contributed by atoms with Crippen LogP contribution in [-0.2, 0) is 11.3 Å². The number of aromatic nitrogens is 3. The molecule has 0 saturated heterocycles. The molecule has 0 fully saturated rings. The van der Waals surface area contributed by atoms with Gasteiger partial charge in [0.05, 0.1) is 5.69 Å². The van der Waals surface area contributed by atoms with Crippen LogP contribution in [0, 0.1) is 20.8 Å². The summed E-state index contributed by atoms with van der Waals surface area (Å²) in [6, 6.07) is 3.71. The van der Waals surface area contributed by atoms with Crippen molar-refractivity contribution in [2.75, 3.05) is 11.9 Å². The van der Waals surface area contributed by atoms with Gasteiger partial charge in [0.1, 0.15) is 5.76 Å². The molecule has 26 heavy (non-hydrogen) atoms. The summed E-state index contributed by atoms with van der Waals surface area (Å²) >= 11 is 1.37. The van der Waals surface area contributed by atoms with Crippen LogP contribution >= 0.6 is 11.3 Å². The molecule has 3 heterocycles. The number of carbonyl (C=O) groups is 1. The lowest BCUT2D eigenvalue weighted by Crippen LogP contribution is -2.20. The fraction of sp³-hybridized carbons (Fsp3) is 0.278. The predicted molar refractivity (Wildman–Crippen MR) is 101 cm³/mol. The zero-order valence-electron chi connectivity index (χ0n) is 14.9. The van der Waals surface area contributed by atoms with Crippen molar-refractivity contribution in [3.05, 3.63) is 47.3 Å². The van der Waals surface area contributed by atoms with Crippen LogP contribution in [-0.4, -0.2) is 27.2 Å². The quantitative estimate of drug-likeness (QED) is 0.639. The van der Waals surface area contributed by atoms with E-state index in [1.807, 2.05) is 11.5 Å². The van der Waals surface area contributed by atoms with Gasteiger partial charge < -0.3 is 13.8 Å². The second-order valence-corrected chi connectivity index (χ2v) is 6.69. The van der Waals surface area contributed by atoms with Gasteiger partial charge in [0.15, 0.2) is 11.7 Å². The van der Waals surface area contributed by atoms with Crippen LogP contribution in [0.4, 0.5) is 5.13 Å². The van der Waals surface area contributed by atoms with E-state index in [0.717, 1.165) is 29.2 Å². The summed E-state index contributed by atoms with van der Waals surface area (Å²) in [6.45, 7) is 10.2. The van der Waals surface area contributed by atoms with Crippen molar-refractivity contribution in [3.63, 3.8) is 0 Å². The van der Waals surface area contributed by atoms with E-state index < -0.39 is 0 Å². The topological polar surface area (TPSA) is 82.2 Å². The van der Waals surface area contributed by atoms with Crippen molar-refractivity contribution in [2.45, 2.75) is 27.3 Å². The Morgan fingerprint density at radius 2 is 2.23 bits per heavy atom. The van der Waals surface area contributed by atoms with Gasteiger partial charge in [0.2, 0.25) is 0 Å². The summed E-state index contributed by atoms with van der Waals surface area (Å²) in [5, 5.41) is 8.87. The molecule has 7 nitrogen and oxygen atoms in total. The first-order valence-corrected chi connectivity index (χ1v) is 8.95. The van der Waals surface area contributed by atoms with Gasteiger partial charge in [-0.1, -0.05) is 6.08 Å². The smallest absolute Gasteiger partial charge is 0.264 e. The highest BCUT2D eigenvalue weighted by Gasteiger charge is 2.14. The zero-order valence-corrected chi connectivity index (χ0v) is 15.7. The summed E-state index contributed by atoms with van der Waals surface area (Å²) in [5.74, 6) is 0.606. The van der Waals surface area contributed by atoms with Gasteiger partial charge in [-0.25, -0.2) is 4.98 Å². The van der Waals surface area contributed by atoms with Gasteiger partial charge in [0, 0.05) is 34.9 Å². The van der Waals surface area contributed by atoms with Gasteiger partial charge in [-0.05, 0) is 32.0 Å². The molecule has 0 spiro atoms. The molecule has 0 aliphatic heterocycles. The summed E-state index contributed by atoms with van der Waals surface area (Å²) in [7, 11) is 0. The third-order valence-corrected chi connectivity index (χ3v) is 4.63. The number of anilines is 1. The molecular formula is C18H20N4O3S. The van der Waals surface area contributed by atoms with Crippen molar-refractivity contribution in [2.24, 2.45) is 0 Å². The standard InChI is InChI=1S/C18H20N4O3S/c1-5-6-22-11(2)7-14(13(22)4)15-10-26-18(19-15)20-16(23)9-24-17-8-12(3)25-21-17/h5,7-8,10H,1,6,9H2,2-4H3,(H,19,20,23). The highest BCUT2D eigenvalue weighted by Crippen LogP contribution is 2.30. The maximum atomic E-state index is 12.0. The van der Waals surface area contributed by atoms with Crippen molar-refractivity contribution < 1.29 is 14.1 Å². The van der Waals surface area contributed by atoms with Gasteiger partial charge in [-0.2, -0.15) is 0 Å². The maximum absolute atomic E-state index is 12.0. The molecule has 136 valence electrons. The molecule has 1 N–H and O–H groups in total. The van der Waals surface area contributed by atoms with Crippen LogP contribution in [0.15, 0.2) is 34.7 Å². The zero-order chi connectivity index (χ0) is 18.7.